The number of primary amides is 1. The summed E-state index contributed by atoms with van der Waals surface area (Å²) in [6.07, 6.45) is 1.70. The topological polar surface area (TPSA) is 52.3 Å². The molecule has 1 fully saturated rings. The van der Waals surface area contributed by atoms with Crippen LogP contribution in [0.5, 0.6) is 5.75 Å². The Bertz CT molecular complexity index is 1030. The monoisotopic (exact) mass is 447 g/mol. The lowest BCUT2D eigenvalue weighted by Gasteiger charge is -2.38. The Hall–Kier alpha value is -3.18. The molecule has 1 aliphatic heterocycles. The SMILES string of the molecule is C[N@@+]1(CCCOc2ccccc2F)CCC(C(C(N)=O)(c2ccccc2)c2ccccc2)C1. The zero-order valence-corrected chi connectivity index (χ0v) is 19.1. The zero-order chi connectivity index (χ0) is 23.3. The van der Waals surface area contributed by atoms with Gasteiger partial charge in [-0.2, -0.15) is 0 Å². The summed E-state index contributed by atoms with van der Waals surface area (Å²) in [5, 5.41) is 0. The second-order valence-electron chi connectivity index (χ2n) is 9.27. The van der Waals surface area contributed by atoms with Crippen molar-refractivity contribution in [1.29, 1.82) is 0 Å². The molecule has 0 aromatic heterocycles. The van der Waals surface area contributed by atoms with Gasteiger partial charge in [0.05, 0.1) is 33.3 Å². The molecule has 172 valence electrons. The van der Waals surface area contributed by atoms with Crippen LogP contribution in [0.15, 0.2) is 84.9 Å². The lowest BCUT2D eigenvalue weighted by molar-refractivity contribution is -0.899. The summed E-state index contributed by atoms with van der Waals surface area (Å²) in [6.45, 7) is 3.15. The Morgan fingerprint density at radius 2 is 1.58 bits per heavy atom. The first-order valence-electron chi connectivity index (χ1n) is 11.6. The fraction of sp³-hybridized carbons (Fsp3) is 0.321. The van der Waals surface area contributed by atoms with E-state index in [1.165, 1.54) is 6.07 Å². The van der Waals surface area contributed by atoms with E-state index in [0.717, 1.165) is 48.1 Å². The van der Waals surface area contributed by atoms with Crippen molar-refractivity contribution in [2.45, 2.75) is 18.3 Å². The number of hydrogen-bond acceptors (Lipinski definition) is 2. The number of ether oxygens (including phenoxy) is 1. The highest BCUT2D eigenvalue weighted by atomic mass is 19.1. The third-order valence-electron chi connectivity index (χ3n) is 7.07. The highest BCUT2D eigenvalue weighted by Gasteiger charge is 2.53. The summed E-state index contributed by atoms with van der Waals surface area (Å²) in [4.78, 5) is 13.2. The summed E-state index contributed by atoms with van der Waals surface area (Å²) >= 11 is 0. The fourth-order valence-corrected chi connectivity index (χ4v) is 5.45. The summed E-state index contributed by atoms with van der Waals surface area (Å²) in [7, 11) is 2.23. The molecule has 3 aromatic rings. The van der Waals surface area contributed by atoms with Gasteiger partial charge in [0.25, 0.3) is 0 Å². The van der Waals surface area contributed by atoms with Gasteiger partial charge in [0.2, 0.25) is 5.91 Å². The molecule has 0 saturated carbocycles. The molecule has 0 radical (unpaired) electrons. The van der Waals surface area contributed by atoms with Crippen molar-refractivity contribution in [1.82, 2.24) is 0 Å². The summed E-state index contributed by atoms with van der Waals surface area (Å²) < 4.78 is 20.3. The number of carbonyl (C=O) groups is 1. The van der Waals surface area contributed by atoms with Crippen LogP contribution in [0.1, 0.15) is 24.0 Å². The van der Waals surface area contributed by atoms with Crippen LogP contribution in [0, 0.1) is 11.7 Å². The first-order valence-corrected chi connectivity index (χ1v) is 11.6. The van der Waals surface area contributed by atoms with Crippen LogP contribution in [0.25, 0.3) is 0 Å². The molecule has 5 heteroatoms. The molecule has 0 aliphatic carbocycles. The molecule has 1 amide bonds. The molecule has 4 rings (SSSR count). The van der Waals surface area contributed by atoms with Gasteiger partial charge in [-0.1, -0.05) is 72.8 Å². The van der Waals surface area contributed by atoms with Gasteiger partial charge in [0.15, 0.2) is 11.6 Å². The smallest absolute Gasteiger partial charge is 0.233 e. The largest absolute Gasteiger partial charge is 0.490 e. The number of nitrogens with two attached hydrogens (primary N) is 1. The minimum Gasteiger partial charge on any atom is -0.490 e. The van der Waals surface area contributed by atoms with Gasteiger partial charge in [-0.25, -0.2) is 4.39 Å². The van der Waals surface area contributed by atoms with E-state index in [9.17, 15) is 9.18 Å². The highest BCUT2D eigenvalue weighted by Crippen LogP contribution is 2.45. The van der Waals surface area contributed by atoms with Crippen LogP contribution in [-0.4, -0.2) is 43.7 Å². The summed E-state index contributed by atoms with van der Waals surface area (Å²) in [5.41, 5.74) is 7.23. The number of amides is 1. The van der Waals surface area contributed by atoms with E-state index in [1.807, 2.05) is 60.7 Å². The minimum atomic E-state index is -0.873. The molecule has 33 heavy (non-hydrogen) atoms. The molecule has 0 spiro atoms. The van der Waals surface area contributed by atoms with Crippen LogP contribution >= 0.6 is 0 Å². The van der Waals surface area contributed by atoms with Gasteiger partial charge in [-0.05, 0) is 23.3 Å². The molecule has 2 N–H and O–H groups in total. The average molecular weight is 448 g/mol. The number of hydrogen-bond donors (Lipinski definition) is 1. The average Bonchev–Trinajstić information content (AvgIpc) is 3.22. The van der Waals surface area contributed by atoms with Crippen molar-refractivity contribution in [3.63, 3.8) is 0 Å². The molecule has 1 saturated heterocycles. The lowest BCUT2D eigenvalue weighted by atomic mass is 9.64. The fourth-order valence-electron chi connectivity index (χ4n) is 5.45. The number of halogens is 1. The van der Waals surface area contributed by atoms with Crippen molar-refractivity contribution < 1.29 is 18.4 Å². The third kappa shape index (κ3) is 4.64. The van der Waals surface area contributed by atoms with Gasteiger partial charge in [-0.15, -0.1) is 0 Å². The minimum absolute atomic E-state index is 0.0808. The van der Waals surface area contributed by atoms with Crippen LogP contribution in [-0.2, 0) is 10.2 Å². The molecular formula is C28H32FN2O2+. The predicted octanol–water partition coefficient (Wildman–Crippen LogP) is 4.53. The molecular weight excluding hydrogens is 415 g/mol. The van der Waals surface area contributed by atoms with E-state index in [1.54, 1.807) is 18.2 Å². The molecule has 1 aliphatic rings. The van der Waals surface area contributed by atoms with Gasteiger partial charge >= 0.3 is 0 Å². The van der Waals surface area contributed by atoms with E-state index < -0.39 is 5.41 Å². The van der Waals surface area contributed by atoms with Gasteiger partial charge in [0, 0.05) is 18.8 Å². The van der Waals surface area contributed by atoms with Crippen molar-refractivity contribution in [2.24, 2.45) is 11.7 Å². The van der Waals surface area contributed by atoms with Gasteiger partial charge in [0.1, 0.15) is 5.41 Å². The maximum Gasteiger partial charge on any atom is 0.233 e. The first-order chi connectivity index (χ1) is 16.0. The number of likely N-dealkylation sites (tertiary alicyclic amines) is 1. The normalized spacial score (nSPS) is 20.5. The standard InChI is InChI=1S/C28H31FN2O2/c1-31(18-10-20-33-26-16-9-8-15-25(26)29)19-17-24(21-31)28(27(30)32,22-11-4-2-5-12-22)23-13-6-3-7-14-23/h2-9,11-16,24H,10,17-21H2,1H3,(H-,30,32)/p+1/t24?,31-/m1/s1. The Balaban J connectivity index is 1.53. The van der Waals surface area contributed by atoms with Crippen LogP contribution in [0.2, 0.25) is 0 Å². The number of quaternary nitrogens is 1. The van der Waals surface area contributed by atoms with Crippen LogP contribution in [0.4, 0.5) is 4.39 Å². The quantitative estimate of drug-likeness (QED) is 0.387. The Kier molecular flexibility index (Phi) is 6.80. The van der Waals surface area contributed by atoms with Crippen molar-refractivity contribution in [2.75, 3.05) is 33.3 Å². The van der Waals surface area contributed by atoms with Crippen molar-refractivity contribution in [3.8, 4) is 5.75 Å². The summed E-state index contributed by atoms with van der Waals surface area (Å²) in [5.74, 6) is -0.269. The zero-order valence-electron chi connectivity index (χ0n) is 19.1. The molecule has 1 heterocycles. The number of benzene rings is 3. The highest BCUT2D eigenvalue weighted by molar-refractivity contribution is 5.91. The van der Waals surface area contributed by atoms with Gasteiger partial charge in [-0.3, -0.25) is 4.79 Å². The predicted molar refractivity (Wildman–Crippen MR) is 128 cm³/mol. The maximum atomic E-state index is 13.8. The molecule has 4 nitrogen and oxygen atoms in total. The van der Waals surface area contributed by atoms with Crippen molar-refractivity contribution >= 4 is 5.91 Å². The molecule has 1 unspecified atom stereocenters. The van der Waals surface area contributed by atoms with E-state index in [2.05, 4.69) is 7.05 Å². The van der Waals surface area contributed by atoms with Gasteiger partial charge < -0.3 is 15.0 Å². The van der Waals surface area contributed by atoms with Crippen LogP contribution in [0.3, 0.4) is 0 Å². The van der Waals surface area contributed by atoms with E-state index in [4.69, 9.17) is 10.5 Å². The number of rotatable bonds is 9. The van der Waals surface area contributed by atoms with Crippen LogP contribution < -0.4 is 10.5 Å². The second kappa shape index (κ2) is 9.75. The second-order valence-corrected chi connectivity index (χ2v) is 9.27. The summed E-state index contributed by atoms with van der Waals surface area (Å²) in [6, 6.07) is 26.4. The first kappa shape index (κ1) is 23.0. The van der Waals surface area contributed by atoms with E-state index in [0.29, 0.717) is 12.4 Å². The number of para-hydroxylation sites is 1. The Morgan fingerprint density at radius 3 is 2.15 bits per heavy atom. The number of carbonyl (C=O) groups excluding carboxylic acids is 1. The van der Waals surface area contributed by atoms with Crippen molar-refractivity contribution in [3.05, 3.63) is 102 Å². The Labute approximate surface area is 195 Å². The Morgan fingerprint density at radius 1 is 1.00 bits per heavy atom. The van der Waals surface area contributed by atoms with E-state index >= 15 is 0 Å². The third-order valence-corrected chi connectivity index (χ3v) is 7.07. The molecule has 0 bridgehead atoms. The maximum absolute atomic E-state index is 13.8. The lowest BCUT2D eigenvalue weighted by Crippen LogP contribution is -2.51. The number of nitrogens with zero attached hydrogens (tertiary/aromatic N) is 1. The molecule has 3 aromatic carbocycles. The van der Waals surface area contributed by atoms with E-state index in [-0.39, 0.29) is 17.6 Å². The molecule has 2 atom stereocenters.